The minimum Gasteiger partial charge on any atom is -0.475 e. The van der Waals surface area contributed by atoms with Gasteiger partial charge in [0.2, 0.25) is 5.76 Å². The van der Waals surface area contributed by atoms with E-state index in [1.165, 1.54) is 0 Å². The van der Waals surface area contributed by atoms with Crippen LogP contribution in [-0.2, 0) is 6.18 Å². The van der Waals surface area contributed by atoms with Crippen molar-refractivity contribution >= 4 is 5.97 Å². The number of aromatic carboxylic acids is 1. The Morgan fingerprint density at radius 3 is 2.38 bits per heavy atom. The highest BCUT2D eigenvalue weighted by Crippen LogP contribution is 2.37. The standard InChI is InChI=1S/C13H8F4O4/c14-6-1-2-7(8(5-6)13(15,16)17)11(18)9-3-4-10(21-9)12(19)20/h1-5,11,18H,(H,19,20). The number of hydrogen-bond donors (Lipinski definition) is 2. The third-order valence-corrected chi connectivity index (χ3v) is 2.72. The van der Waals surface area contributed by atoms with Gasteiger partial charge in [-0.15, -0.1) is 0 Å². The van der Waals surface area contributed by atoms with Crippen molar-refractivity contribution in [3.8, 4) is 0 Å². The molecule has 2 N–H and O–H groups in total. The average molecular weight is 304 g/mol. The van der Waals surface area contributed by atoms with Crippen molar-refractivity contribution in [3.63, 3.8) is 0 Å². The quantitative estimate of drug-likeness (QED) is 0.854. The van der Waals surface area contributed by atoms with Crippen LogP contribution in [0.3, 0.4) is 0 Å². The van der Waals surface area contributed by atoms with Crippen molar-refractivity contribution in [2.45, 2.75) is 12.3 Å². The Morgan fingerprint density at radius 1 is 1.19 bits per heavy atom. The molecule has 0 saturated heterocycles. The van der Waals surface area contributed by atoms with Crippen LogP contribution in [0.25, 0.3) is 0 Å². The molecule has 0 saturated carbocycles. The molecule has 0 aliphatic heterocycles. The predicted molar refractivity (Wildman–Crippen MR) is 61.1 cm³/mol. The van der Waals surface area contributed by atoms with E-state index in [1.807, 2.05) is 0 Å². The molecule has 112 valence electrons. The number of aliphatic hydroxyl groups excluding tert-OH is 1. The number of benzene rings is 1. The third kappa shape index (κ3) is 3.05. The summed E-state index contributed by atoms with van der Waals surface area (Å²) in [7, 11) is 0. The molecule has 0 aliphatic rings. The van der Waals surface area contributed by atoms with Crippen LogP contribution in [0.15, 0.2) is 34.7 Å². The van der Waals surface area contributed by atoms with Crippen LogP contribution in [0.4, 0.5) is 17.6 Å². The highest BCUT2D eigenvalue weighted by Gasteiger charge is 2.36. The molecule has 2 rings (SSSR count). The largest absolute Gasteiger partial charge is 0.475 e. The Labute approximate surface area is 115 Å². The maximum absolute atomic E-state index is 13.0. The lowest BCUT2D eigenvalue weighted by atomic mass is 10.00. The lowest BCUT2D eigenvalue weighted by molar-refractivity contribution is -0.139. The van der Waals surface area contributed by atoms with E-state index in [1.54, 1.807) is 0 Å². The highest BCUT2D eigenvalue weighted by atomic mass is 19.4. The predicted octanol–water partition coefficient (Wildman–Crippen LogP) is 3.22. The Bertz CT molecular complexity index is 675. The number of aliphatic hydroxyl groups is 1. The van der Waals surface area contributed by atoms with E-state index >= 15 is 0 Å². The second-order valence-electron chi connectivity index (χ2n) is 4.14. The first-order chi connectivity index (χ1) is 9.70. The molecular weight excluding hydrogens is 296 g/mol. The summed E-state index contributed by atoms with van der Waals surface area (Å²) in [4.78, 5) is 10.6. The monoisotopic (exact) mass is 304 g/mol. The zero-order valence-corrected chi connectivity index (χ0v) is 10.2. The number of hydrogen-bond acceptors (Lipinski definition) is 3. The molecular formula is C13H8F4O4. The van der Waals surface area contributed by atoms with Crippen LogP contribution in [0, 0.1) is 5.82 Å². The zero-order chi connectivity index (χ0) is 15.8. The number of halogens is 4. The Hall–Kier alpha value is -2.35. The lowest BCUT2D eigenvalue weighted by Gasteiger charge is -2.16. The van der Waals surface area contributed by atoms with E-state index in [2.05, 4.69) is 0 Å². The summed E-state index contributed by atoms with van der Waals surface area (Å²) in [6.07, 6.45) is -6.74. The molecule has 1 aromatic heterocycles. The van der Waals surface area contributed by atoms with Crippen LogP contribution >= 0.6 is 0 Å². The number of carbonyl (C=O) groups is 1. The SMILES string of the molecule is O=C(O)c1ccc(C(O)c2ccc(F)cc2C(F)(F)F)o1. The Morgan fingerprint density at radius 2 is 1.86 bits per heavy atom. The van der Waals surface area contributed by atoms with Gasteiger partial charge in [0.05, 0.1) is 5.56 Å². The highest BCUT2D eigenvalue weighted by molar-refractivity contribution is 5.84. The first kappa shape index (κ1) is 15.0. The third-order valence-electron chi connectivity index (χ3n) is 2.72. The molecule has 0 bridgehead atoms. The second-order valence-corrected chi connectivity index (χ2v) is 4.14. The fourth-order valence-corrected chi connectivity index (χ4v) is 1.78. The van der Waals surface area contributed by atoms with Gasteiger partial charge in [-0.2, -0.15) is 13.2 Å². The first-order valence-corrected chi connectivity index (χ1v) is 5.58. The summed E-state index contributed by atoms with van der Waals surface area (Å²) in [5.41, 5.74) is -1.99. The van der Waals surface area contributed by atoms with Gasteiger partial charge in [-0.05, 0) is 24.3 Å². The van der Waals surface area contributed by atoms with Crippen molar-refractivity contribution in [2.24, 2.45) is 0 Å². The molecule has 0 spiro atoms. The van der Waals surface area contributed by atoms with E-state index in [0.29, 0.717) is 0 Å². The smallest absolute Gasteiger partial charge is 0.416 e. The maximum atomic E-state index is 13.0. The first-order valence-electron chi connectivity index (χ1n) is 5.58. The van der Waals surface area contributed by atoms with Gasteiger partial charge in [-0.1, -0.05) is 6.07 Å². The molecule has 0 amide bonds. The molecule has 1 atom stereocenters. The van der Waals surface area contributed by atoms with Crippen molar-refractivity contribution in [1.29, 1.82) is 0 Å². The van der Waals surface area contributed by atoms with E-state index in [-0.39, 0.29) is 11.8 Å². The van der Waals surface area contributed by atoms with Gasteiger partial charge in [-0.25, -0.2) is 9.18 Å². The van der Waals surface area contributed by atoms with Gasteiger partial charge >= 0.3 is 12.1 Å². The van der Waals surface area contributed by atoms with Crippen LogP contribution in [-0.4, -0.2) is 16.2 Å². The van der Waals surface area contributed by atoms with Gasteiger partial charge in [-0.3, -0.25) is 0 Å². The summed E-state index contributed by atoms with van der Waals surface area (Å²) in [5.74, 6) is -3.45. The number of carboxylic acids is 1. The van der Waals surface area contributed by atoms with Crippen molar-refractivity contribution in [1.82, 2.24) is 0 Å². The zero-order valence-electron chi connectivity index (χ0n) is 10.2. The van der Waals surface area contributed by atoms with E-state index in [9.17, 15) is 27.5 Å². The van der Waals surface area contributed by atoms with Crippen LogP contribution in [0.1, 0.15) is 33.5 Å². The average Bonchev–Trinajstić information content (AvgIpc) is 2.86. The molecule has 8 heteroatoms. The normalized spacial score (nSPS) is 13.2. The van der Waals surface area contributed by atoms with Crippen molar-refractivity contribution in [2.75, 3.05) is 0 Å². The molecule has 0 radical (unpaired) electrons. The fraction of sp³-hybridized carbons (Fsp3) is 0.154. The van der Waals surface area contributed by atoms with Crippen LogP contribution in [0.2, 0.25) is 0 Å². The summed E-state index contributed by atoms with van der Waals surface area (Å²) < 4.78 is 56.2. The Kier molecular flexibility index (Phi) is 3.73. The summed E-state index contributed by atoms with van der Waals surface area (Å²) >= 11 is 0. The van der Waals surface area contributed by atoms with E-state index < -0.39 is 41.0 Å². The summed E-state index contributed by atoms with van der Waals surface area (Å²) in [5, 5.41) is 18.6. The molecule has 4 nitrogen and oxygen atoms in total. The minimum atomic E-state index is -4.87. The summed E-state index contributed by atoms with van der Waals surface area (Å²) in [6, 6.07) is 3.82. The fourth-order valence-electron chi connectivity index (χ4n) is 1.78. The van der Waals surface area contributed by atoms with Gasteiger partial charge in [0, 0.05) is 5.56 Å². The van der Waals surface area contributed by atoms with E-state index in [0.717, 1.165) is 24.3 Å². The van der Waals surface area contributed by atoms with Crippen LogP contribution < -0.4 is 0 Å². The second kappa shape index (κ2) is 5.21. The number of carboxylic acid groups (broad SMARTS) is 1. The van der Waals surface area contributed by atoms with Crippen LogP contribution in [0.5, 0.6) is 0 Å². The molecule has 1 aromatic carbocycles. The molecule has 1 heterocycles. The Balaban J connectivity index is 2.47. The van der Waals surface area contributed by atoms with Gasteiger partial charge in [0.25, 0.3) is 0 Å². The molecule has 1 unspecified atom stereocenters. The lowest BCUT2D eigenvalue weighted by Crippen LogP contribution is -2.13. The number of alkyl halides is 3. The van der Waals surface area contributed by atoms with E-state index in [4.69, 9.17) is 9.52 Å². The van der Waals surface area contributed by atoms with Gasteiger partial charge in [0.1, 0.15) is 17.7 Å². The van der Waals surface area contributed by atoms with Crippen molar-refractivity contribution < 1.29 is 37.0 Å². The maximum Gasteiger partial charge on any atom is 0.416 e. The minimum absolute atomic E-state index is 0.250. The molecule has 21 heavy (non-hydrogen) atoms. The molecule has 2 aromatic rings. The van der Waals surface area contributed by atoms with Crippen molar-refractivity contribution in [3.05, 3.63) is 58.8 Å². The topological polar surface area (TPSA) is 70.7 Å². The molecule has 0 aliphatic carbocycles. The number of rotatable bonds is 3. The van der Waals surface area contributed by atoms with Gasteiger partial charge < -0.3 is 14.6 Å². The summed E-state index contributed by atoms with van der Waals surface area (Å²) in [6.45, 7) is 0. The molecule has 0 fully saturated rings. The number of furan rings is 1. The van der Waals surface area contributed by atoms with Gasteiger partial charge in [0.15, 0.2) is 0 Å².